The summed E-state index contributed by atoms with van der Waals surface area (Å²) in [5, 5.41) is 4.99. The molecule has 0 bridgehead atoms. The predicted molar refractivity (Wildman–Crippen MR) is 86.7 cm³/mol. The van der Waals surface area contributed by atoms with Crippen molar-refractivity contribution in [3.8, 4) is 0 Å². The van der Waals surface area contributed by atoms with E-state index in [-0.39, 0.29) is 5.54 Å². The number of halogens is 1. The third-order valence-corrected chi connectivity index (χ3v) is 3.61. The van der Waals surface area contributed by atoms with Gasteiger partial charge in [-0.25, -0.2) is 0 Å². The maximum atomic E-state index is 6.13. The summed E-state index contributed by atoms with van der Waals surface area (Å²) in [7, 11) is 0. The van der Waals surface area contributed by atoms with Crippen LogP contribution >= 0.6 is 23.4 Å². The Labute approximate surface area is 123 Å². The van der Waals surface area contributed by atoms with Crippen LogP contribution in [0.1, 0.15) is 19.4 Å². The Hall–Kier alpha value is -1.19. The second kappa shape index (κ2) is 5.85. The minimum Gasteiger partial charge on any atom is -0.335 e. The summed E-state index contributed by atoms with van der Waals surface area (Å²) in [6, 6.07) is 7.80. The Morgan fingerprint density at radius 1 is 1.26 bits per heavy atom. The molecular formula is C15H17ClN2S. The van der Waals surface area contributed by atoms with E-state index in [1.54, 1.807) is 11.8 Å². The minimum atomic E-state index is -0.177. The lowest BCUT2D eigenvalue weighted by atomic mass is 10.0. The zero-order valence-electron chi connectivity index (χ0n) is 11.3. The molecule has 2 nitrogen and oxygen atoms in total. The molecule has 0 saturated heterocycles. The Bertz CT molecular complexity index is 559. The number of hydrogen-bond donors (Lipinski definition) is 1. The fraction of sp³-hybridized carbons (Fsp3) is 0.267. The Balaban J connectivity index is 2.20. The number of hydrogen-bond acceptors (Lipinski definition) is 3. The highest BCUT2D eigenvalue weighted by Gasteiger charge is 2.19. The SMILES string of the molecule is CSC1=NC(C)(C)C=C(/C=C/c2ccccc2Cl)N1. The maximum absolute atomic E-state index is 6.13. The number of benzene rings is 1. The van der Waals surface area contributed by atoms with E-state index in [2.05, 4.69) is 30.2 Å². The first-order chi connectivity index (χ1) is 9.00. The summed E-state index contributed by atoms with van der Waals surface area (Å²) in [6.07, 6.45) is 8.18. The molecule has 0 unspecified atom stereocenters. The molecule has 1 aliphatic rings. The molecule has 1 aromatic carbocycles. The van der Waals surface area contributed by atoms with Crippen molar-refractivity contribution in [2.45, 2.75) is 19.4 Å². The topological polar surface area (TPSA) is 24.4 Å². The smallest absolute Gasteiger partial charge is 0.161 e. The molecule has 4 heteroatoms. The quantitative estimate of drug-likeness (QED) is 0.877. The lowest BCUT2D eigenvalue weighted by Crippen LogP contribution is -2.31. The van der Waals surface area contributed by atoms with Gasteiger partial charge in [-0.05, 0) is 43.9 Å². The fourth-order valence-corrected chi connectivity index (χ4v) is 2.58. The van der Waals surface area contributed by atoms with E-state index in [9.17, 15) is 0 Å². The van der Waals surface area contributed by atoms with Crippen molar-refractivity contribution in [1.29, 1.82) is 0 Å². The molecule has 19 heavy (non-hydrogen) atoms. The van der Waals surface area contributed by atoms with Crippen molar-refractivity contribution in [3.63, 3.8) is 0 Å². The maximum Gasteiger partial charge on any atom is 0.161 e. The summed E-state index contributed by atoms with van der Waals surface area (Å²) in [5.74, 6) is 0. The largest absolute Gasteiger partial charge is 0.335 e. The summed E-state index contributed by atoms with van der Waals surface area (Å²) in [4.78, 5) is 4.59. The number of nitrogens with zero attached hydrogens (tertiary/aromatic N) is 1. The van der Waals surface area contributed by atoms with Gasteiger partial charge in [-0.15, -0.1) is 0 Å². The molecule has 2 rings (SSSR count). The highest BCUT2D eigenvalue weighted by molar-refractivity contribution is 8.13. The number of nitrogens with one attached hydrogen (secondary N) is 1. The molecule has 0 fully saturated rings. The van der Waals surface area contributed by atoms with Gasteiger partial charge in [0.25, 0.3) is 0 Å². The van der Waals surface area contributed by atoms with Crippen LogP contribution < -0.4 is 5.32 Å². The van der Waals surface area contributed by atoms with E-state index in [4.69, 9.17) is 11.6 Å². The zero-order chi connectivity index (χ0) is 13.9. The first-order valence-electron chi connectivity index (χ1n) is 6.06. The number of thioether (sulfide) groups is 1. The van der Waals surface area contributed by atoms with Gasteiger partial charge in [-0.1, -0.05) is 47.6 Å². The van der Waals surface area contributed by atoms with Crippen LogP contribution in [0.4, 0.5) is 0 Å². The average Bonchev–Trinajstić information content (AvgIpc) is 2.36. The standard InChI is InChI=1S/C15H17ClN2S/c1-15(2)10-12(17-14(18-15)19-3)9-8-11-6-4-5-7-13(11)16/h4-10H,1-3H3,(H,17,18)/b9-8+. The van der Waals surface area contributed by atoms with Gasteiger partial charge >= 0.3 is 0 Å². The summed E-state index contributed by atoms with van der Waals surface area (Å²) < 4.78 is 0. The Morgan fingerprint density at radius 3 is 2.68 bits per heavy atom. The third-order valence-electron chi connectivity index (χ3n) is 2.69. The van der Waals surface area contributed by atoms with Crippen molar-refractivity contribution >= 4 is 34.6 Å². The molecule has 0 aromatic heterocycles. The normalized spacial score (nSPS) is 17.9. The van der Waals surface area contributed by atoms with Gasteiger partial charge in [0.15, 0.2) is 5.17 Å². The number of aliphatic imine (C=N–C) groups is 1. The first-order valence-corrected chi connectivity index (χ1v) is 7.67. The van der Waals surface area contributed by atoms with Crippen LogP contribution in [0.3, 0.4) is 0 Å². The third kappa shape index (κ3) is 3.88. The second-order valence-corrected chi connectivity index (χ2v) is 6.06. The van der Waals surface area contributed by atoms with E-state index < -0.39 is 0 Å². The van der Waals surface area contributed by atoms with Crippen molar-refractivity contribution in [3.05, 3.63) is 52.7 Å². The Morgan fingerprint density at radius 2 is 2.00 bits per heavy atom. The molecule has 1 aliphatic heterocycles. The highest BCUT2D eigenvalue weighted by atomic mass is 35.5. The van der Waals surface area contributed by atoms with E-state index in [0.717, 1.165) is 21.5 Å². The van der Waals surface area contributed by atoms with Gasteiger partial charge in [-0.2, -0.15) is 0 Å². The summed E-state index contributed by atoms with van der Waals surface area (Å²) in [5.41, 5.74) is 1.88. The van der Waals surface area contributed by atoms with Crippen LogP contribution in [0.2, 0.25) is 5.02 Å². The van der Waals surface area contributed by atoms with Crippen molar-refractivity contribution in [2.75, 3.05) is 6.26 Å². The van der Waals surface area contributed by atoms with E-state index in [1.807, 2.05) is 42.7 Å². The molecule has 0 amide bonds. The molecule has 0 radical (unpaired) electrons. The van der Waals surface area contributed by atoms with E-state index in [1.165, 1.54) is 0 Å². The number of allylic oxidation sites excluding steroid dienone is 1. The molecule has 1 N–H and O–H groups in total. The number of amidine groups is 1. The summed E-state index contributed by atoms with van der Waals surface area (Å²) in [6.45, 7) is 4.18. The molecule has 1 heterocycles. The lowest BCUT2D eigenvalue weighted by Gasteiger charge is -2.24. The van der Waals surface area contributed by atoms with Gasteiger partial charge in [-0.3, -0.25) is 4.99 Å². The minimum absolute atomic E-state index is 0.177. The van der Waals surface area contributed by atoms with Crippen LogP contribution in [-0.4, -0.2) is 17.0 Å². The van der Waals surface area contributed by atoms with E-state index >= 15 is 0 Å². The number of rotatable bonds is 2. The van der Waals surface area contributed by atoms with Crippen molar-refractivity contribution in [1.82, 2.24) is 5.32 Å². The average molecular weight is 293 g/mol. The zero-order valence-corrected chi connectivity index (χ0v) is 12.8. The van der Waals surface area contributed by atoms with Gasteiger partial charge < -0.3 is 5.32 Å². The molecule has 0 spiro atoms. The highest BCUT2D eigenvalue weighted by Crippen LogP contribution is 2.22. The van der Waals surface area contributed by atoms with Gasteiger partial charge in [0.05, 0.1) is 5.54 Å². The fourth-order valence-electron chi connectivity index (χ4n) is 1.84. The molecule has 100 valence electrons. The van der Waals surface area contributed by atoms with Crippen LogP contribution in [-0.2, 0) is 0 Å². The summed E-state index contributed by atoms with van der Waals surface area (Å²) >= 11 is 7.75. The predicted octanol–water partition coefficient (Wildman–Crippen LogP) is 4.34. The van der Waals surface area contributed by atoms with Crippen LogP contribution in [0, 0.1) is 0 Å². The molecule has 0 atom stereocenters. The van der Waals surface area contributed by atoms with Crippen LogP contribution in [0.25, 0.3) is 6.08 Å². The molecule has 0 saturated carbocycles. The van der Waals surface area contributed by atoms with Gasteiger partial charge in [0, 0.05) is 10.7 Å². The first kappa shape index (κ1) is 14.2. The Kier molecular flexibility index (Phi) is 4.38. The van der Waals surface area contributed by atoms with Gasteiger partial charge in [0.2, 0.25) is 0 Å². The van der Waals surface area contributed by atoms with Gasteiger partial charge in [0.1, 0.15) is 0 Å². The van der Waals surface area contributed by atoms with Crippen LogP contribution in [0.5, 0.6) is 0 Å². The molecule has 1 aromatic rings. The van der Waals surface area contributed by atoms with E-state index in [0.29, 0.717) is 0 Å². The lowest BCUT2D eigenvalue weighted by molar-refractivity contribution is 0.639. The van der Waals surface area contributed by atoms with Crippen molar-refractivity contribution < 1.29 is 0 Å². The van der Waals surface area contributed by atoms with Crippen molar-refractivity contribution in [2.24, 2.45) is 4.99 Å². The molecular weight excluding hydrogens is 276 g/mol. The monoisotopic (exact) mass is 292 g/mol. The molecule has 0 aliphatic carbocycles. The van der Waals surface area contributed by atoms with Crippen LogP contribution in [0.15, 0.2) is 47.1 Å². The second-order valence-electron chi connectivity index (χ2n) is 4.85.